The molecule has 1 aliphatic rings. The van der Waals surface area contributed by atoms with Gasteiger partial charge in [0.05, 0.1) is 10.9 Å². The second-order valence-corrected chi connectivity index (χ2v) is 13.2. The first-order valence-electron chi connectivity index (χ1n) is 12.4. The molecule has 1 fully saturated rings. The number of amides is 1. The van der Waals surface area contributed by atoms with E-state index < -0.39 is 15.8 Å². The molecule has 1 aromatic heterocycles. The van der Waals surface area contributed by atoms with Crippen molar-refractivity contribution in [3.8, 4) is 0 Å². The van der Waals surface area contributed by atoms with Crippen LogP contribution in [0.3, 0.4) is 0 Å². The van der Waals surface area contributed by atoms with E-state index in [-0.39, 0.29) is 27.8 Å². The van der Waals surface area contributed by atoms with Crippen molar-refractivity contribution in [3.63, 3.8) is 0 Å². The number of hydrogen-bond donors (Lipinski definition) is 1. The summed E-state index contributed by atoms with van der Waals surface area (Å²) in [6, 6.07) is 13.3. The number of rotatable bonds is 9. The second kappa shape index (κ2) is 11.6. The Hall–Kier alpha value is -2.00. The molecule has 0 bridgehead atoms. The summed E-state index contributed by atoms with van der Waals surface area (Å²) in [5, 5.41) is 4.10. The highest BCUT2D eigenvalue weighted by Gasteiger charge is 2.35. The van der Waals surface area contributed by atoms with E-state index in [1.807, 2.05) is 12.1 Å². The van der Waals surface area contributed by atoms with Gasteiger partial charge < -0.3 is 5.32 Å². The van der Waals surface area contributed by atoms with Crippen LogP contribution < -0.4 is 5.32 Å². The van der Waals surface area contributed by atoms with E-state index in [1.54, 1.807) is 11.3 Å². The molecule has 0 radical (unpaired) electrons. The molecule has 3 aromatic rings. The van der Waals surface area contributed by atoms with Crippen LogP contribution in [-0.4, -0.2) is 37.8 Å². The van der Waals surface area contributed by atoms with Gasteiger partial charge in [0.2, 0.25) is 15.9 Å². The van der Waals surface area contributed by atoms with Gasteiger partial charge in [0.15, 0.2) is 0 Å². The van der Waals surface area contributed by atoms with Gasteiger partial charge in [-0.15, -0.1) is 11.3 Å². The maximum absolute atomic E-state index is 13.5. The predicted octanol–water partition coefficient (Wildman–Crippen LogP) is 6.57. The van der Waals surface area contributed by atoms with E-state index >= 15 is 0 Å². The number of carbonyl (C=O) groups is 1. The van der Waals surface area contributed by atoms with Crippen molar-refractivity contribution in [2.24, 2.45) is 5.92 Å². The zero-order valence-electron chi connectivity index (χ0n) is 20.5. The van der Waals surface area contributed by atoms with Crippen LogP contribution in [0.1, 0.15) is 56.7 Å². The molecule has 1 saturated heterocycles. The fourth-order valence-electron chi connectivity index (χ4n) is 4.87. The lowest BCUT2D eigenvalue weighted by Crippen LogP contribution is -2.45. The standard InChI is InChI=1S/C27H32ClFN2O3S2/c1-18(2)15-22(25-16-19-7-3-4-9-24(19)35-25)27(32)30-13-12-21-8-5-6-14-31(21)36(33,34)26-11-10-20(29)17-23(26)28/h3-4,7,9-11,16-18,21-22H,5-6,8,12-15H2,1-2H3,(H,30,32)/t21?,22-/m1/s1. The number of hydrogen-bond acceptors (Lipinski definition) is 4. The highest BCUT2D eigenvalue weighted by atomic mass is 35.5. The summed E-state index contributed by atoms with van der Waals surface area (Å²) in [7, 11) is -3.88. The van der Waals surface area contributed by atoms with Crippen molar-refractivity contribution >= 4 is 49.0 Å². The molecule has 1 unspecified atom stereocenters. The van der Waals surface area contributed by atoms with Crippen LogP contribution in [0, 0.1) is 11.7 Å². The minimum Gasteiger partial charge on any atom is -0.355 e. The van der Waals surface area contributed by atoms with Gasteiger partial charge in [-0.1, -0.05) is 50.1 Å². The average molecular weight is 551 g/mol. The molecule has 2 aromatic carbocycles. The Morgan fingerprint density at radius 1 is 1.19 bits per heavy atom. The van der Waals surface area contributed by atoms with Crippen molar-refractivity contribution in [1.29, 1.82) is 0 Å². The summed E-state index contributed by atoms with van der Waals surface area (Å²) >= 11 is 7.74. The van der Waals surface area contributed by atoms with Gasteiger partial charge in [-0.2, -0.15) is 4.31 Å². The summed E-state index contributed by atoms with van der Waals surface area (Å²) in [6.07, 6.45) is 3.62. The highest BCUT2D eigenvalue weighted by Crippen LogP contribution is 2.35. The van der Waals surface area contributed by atoms with Gasteiger partial charge in [-0.3, -0.25) is 4.79 Å². The second-order valence-electron chi connectivity index (χ2n) is 9.79. The Balaban J connectivity index is 1.45. The van der Waals surface area contributed by atoms with E-state index in [1.165, 1.54) is 10.4 Å². The normalized spacial score (nSPS) is 18.0. The molecule has 1 N–H and O–H groups in total. The topological polar surface area (TPSA) is 66.5 Å². The average Bonchev–Trinajstić information content (AvgIpc) is 3.26. The van der Waals surface area contributed by atoms with Crippen molar-refractivity contribution in [2.45, 2.75) is 62.8 Å². The quantitative estimate of drug-likeness (QED) is 0.327. The molecule has 0 saturated carbocycles. The minimum atomic E-state index is -3.88. The third-order valence-corrected chi connectivity index (χ3v) is 10.3. The summed E-state index contributed by atoms with van der Waals surface area (Å²) < 4.78 is 42.8. The Bertz CT molecular complexity index is 1290. The monoisotopic (exact) mass is 550 g/mol. The van der Waals surface area contributed by atoms with Gasteiger partial charge in [0, 0.05) is 28.7 Å². The lowest BCUT2D eigenvalue weighted by molar-refractivity contribution is -0.122. The van der Waals surface area contributed by atoms with Crippen molar-refractivity contribution in [1.82, 2.24) is 9.62 Å². The number of benzene rings is 2. The maximum atomic E-state index is 13.5. The number of thiophene rings is 1. The molecule has 1 amide bonds. The fourth-order valence-corrected chi connectivity index (χ4v) is 8.28. The summed E-state index contributed by atoms with van der Waals surface area (Å²) in [5.41, 5.74) is 0. The zero-order chi connectivity index (χ0) is 25.9. The summed E-state index contributed by atoms with van der Waals surface area (Å²) in [4.78, 5) is 14.3. The maximum Gasteiger partial charge on any atom is 0.244 e. The van der Waals surface area contributed by atoms with Gasteiger partial charge in [0.1, 0.15) is 10.7 Å². The Labute approximate surface area is 221 Å². The third-order valence-electron chi connectivity index (χ3n) is 6.64. The molecule has 4 rings (SSSR count). The fraction of sp³-hybridized carbons (Fsp3) is 0.444. The van der Waals surface area contributed by atoms with Gasteiger partial charge in [-0.05, 0) is 67.3 Å². The van der Waals surface area contributed by atoms with E-state index in [4.69, 9.17) is 11.6 Å². The Morgan fingerprint density at radius 3 is 2.69 bits per heavy atom. The molecule has 0 aliphatic carbocycles. The molecule has 194 valence electrons. The number of nitrogens with one attached hydrogen (secondary N) is 1. The lowest BCUT2D eigenvalue weighted by Gasteiger charge is -2.35. The summed E-state index contributed by atoms with van der Waals surface area (Å²) in [5.74, 6) is -0.495. The zero-order valence-corrected chi connectivity index (χ0v) is 22.9. The number of piperidine rings is 1. The lowest BCUT2D eigenvalue weighted by atomic mass is 9.94. The molecule has 36 heavy (non-hydrogen) atoms. The number of carbonyl (C=O) groups excluding carboxylic acids is 1. The number of halogens is 2. The van der Waals surface area contributed by atoms with E-state index in [0.717, 1.165) is 46.4 Å². The van der Waals surface area contributed by atoms with E-state index in [2.05, 4.69) is 37.4 Å². The van der Waals surface area contributed by atoms with Crippen LogP contribution >= 0.6 is 22.9 Å². The molecular weight excluding hydrogens is 519 g/mol. The van der Waals surface area contributed by atoms with Gasteiger partial charge >= 0.3 is 0 Å². The van der Waals surface area contributed by atoms with Gasteiger partial charge in [0.25, 0.3) is 0 Å². The van der Waals surface area contributed by atoms with Gasteiger partial charge in [-0.25, -0.2) is 12.8 Å². The first kappa shape index (κ1) is 27.0. The van der Waals surface area contributed by atoms with E-state index in [0.29, 0.717) is 31.8 Å². The molecular formula is C27H32ClFN2O3S2. The largest absolute Gasteiger partial charge is 0.355 e. The number of fused-ring (bicyclic) bond motifs is 1. The molecule has 2 atom stereocenters. The van der Waals surface area contributed by atoms with Crippen LogP contribution in [-0.2, 0) is 14.8 Å². The highest BCUT2D eigenvalue weighted by molar-refractivity contribution is 7.89. The van der Waals surface area contributed by atoms with Crippen LogP contribution in [0.4, 0.5) is 4.39 Å². The number of nitrogens with zero attached hydrogens (tertiary/aromatic N) is 1. The Morgan fingerprint density at radius 2 is 1.97 bits per heavy atom. The van der Waals surface area contributed by atoms with Crippen LogP contribution in [0.25, 0.3) is 10.1 Å². The molecule has 9 heteroatoms. The molecule has 0 spiro atoms. The Kier molecular flexibility index (Phi) is 8.71. The van der Waals surface area contributed by atoms with Crippen molar-refractivity contribution < 1.29 is 17.6 Å². The molecule has 1 aliphatic heterocycles. The summed E-state index contributed by atoms with van der Waals surface area (Å²) in [6.45, 7) is 4.98. The first-order valence-corrected chi connectivity index (χ1v) is 15.0. The molecule has 2 heterocycles. The molecule has 5 nitrogen and oxygen atoms in total. The van der Waals surface area contributed by atoms with Crippen LogP contribution in [0.15, 0.2) is 53.4 Å². The smallest absolute Gasteiger partial charge is 0.244 e. The van der Waals surface area contributed by atoms with Crippen LogP contribution in [0.5, 0.6) is 0 Å². The minimum absolute atomic E-state index is 0.0259. The van der Waals surface area contributed by atoms with Crippen molar-refractivity contribution in [2.75, 3.05) is 13.1 Å². The first-order chi connectivity index (χ1) is 17.2. The third kappa shape index (κ3) is 6.10. The number of sulfonamides is 1. The van der Waals surface area contributed by atoms with E-state index in [9.17, 15) is 17.6 Å². The van der Waals surface area contributed by atoms with Crippen LogP contribution in [0.2, 0.25) is 5.02 Å². The SMILES string of the molecule is CC(C)C[C@@H](C(=O)NCCC1CCCCN1S(=O)(=O)c1ccc(F)cc1Cl)c1cc2ccccc2s1. The van der Waals surface area contributed by atoms with Crippen molar-refractivity contribution in [3.05, 3.63) is 64.2 Å². The predicted molar refractivity (Wildman–Crippen MR) is 145 cm³/mol.